The fourth-order valence-corrected chi connectivity index (χ4v) is 3.03. The molecule has 0 radical (unpaired) electrons. The molecular formula is C18H19ClFN3O2. The van der Waals surface area contributed by atoms with Gasteiger partial charge in [0, 0.05) is 11.1 Å². The molecule has 0 aliphatic heterocycles. The second kappa shape index (κ2) is 8.25. The molecule has 3 rings (SSSR count). The van der Waals surface area contributed by atoms with Gasteiger partial charge in [-0.05, 0) is 43.4 Å². The number of benzene rings is 1. The van der Waals surface area contributed by atoms with Gasteiger partial charge < -0.3 is 10.1 Å². The summed E-state index contributed by atoms with van der Waals surface area (Å²) in [6.45, 7) is 0. The maximum Gasteiger partial charge on any atom is 0.316 e. The molecule has 1 heterocycles. The Hall–Kier alpha value is -2.21. The Morgan fingerprint density at radius 1 is 1.16 bits per heavy atom. The number of ether oxygens (including phenoxy) is 1. The molecule has 0 spiro atoms. The highest BCUT2D eigenvalue weighted by Crippen LogP contribution is 2.22. The molecule has 7 heteroatoms. The van der Waals surface area contributed by atoms with Crippen molar-refractivity contribution in [3.63, 3.8) is 0 Å². The fraction of sp³-hybridized carbons (Fsp3) is 0.389. The van der Waals surface area contributed by atoms with E-state index in [0.717, 1.165) is 43.6 Å². The average molecular weight is 364 g/mol. The summed E-state index contributed by atoms with van der Waals surface area (Å²) in [6.07, 6.45) is 5.78. The molecule has 5 nitrogen and oxygen atoms in total. The number of hydrogen-bond acceptors (Lipinski definition) is 4. The highest BCUT2D eigenvalue weighted by molar-refractivity contribution is 6.30. The summed E-state index contributed by atoms with van der Waals surface area (Å²) in [5.74, 6) is -0.479. The van der Waals surface area contributed by atoms with Crippen molar-refractivity contribution in [2.24, 2.45) is 0 Å². The lowest BCUT2D eigenvalue weighted by Crippen LogP contribution is -2.40. The lowest BCUT2D eigenvalue weighted by molar-refractivity contribution is -0.121. The van der Waals surface area contributed by atoms with Crippen LogP contribution in [0.2, 0.25) is 5.02 Å². The van der Waals surface area contributed by atoms with E-state index in [1.807, 2.05) is 12.1 Å². The molecule has 132 valence electrons. The summed E-state index contributed by atoms with van der Waals surface area (Å²) in [5, 5.41) is 3.73. The average Bonchev–Trinajstić information content (AvgIpc) is 2.61. The van der Waals surface area contributed by atoms with Crippen LogP contribution in [0.25, 0.3) is 0 Å². The van der Waals surface area contributed by atoms with Crippen LogP contribution in [-0.2, 0) is 11.2 Å². The zero-order valence-electron chi connectivity index (χ0n) is 13.6. The van der Waals surface area contributed by atoms with Crippen LogP contribution >= 0.6 is 11.6 Å². The van der Waals surface area contributed by atoms with Crippen LogP contribution in [-0.4, -0.2) is 28.0 Å². The van der Waals surface area contributed by atoms with E-state index in [9.17, 15) is 9.18 Å². The van der Waals surface area contributed by atoms with Crippen LogP contribution in [0.4, 0.5) is 4.39 Å². The summed E-state index contributed by atoms with van der Waals surface area (Å²) < 4.78 is 18.4. The number of hydrogen-bond donors (Lipinski definition) is 1. The quantitative estimate of drug-likeness (QED) is 0.885. The number of nitrogens with zero attached hydrogens (tertiary/aromatic N) is 2. The summed E-state index contributed by atoms with van der Waals surface area (Å²) in [6, 6.07) is 7.62. The number of nitrogens with one attached hydrogen (secondary N) is 1. The lowest BCUT2D eigenvalue weighted by atomic mass is 9.93. The first-order valence-electron chi connectivity index (χ1n) is 8.26. The van der Waals surface area contributed by atoms with Gasteiger partial charge in [0.2, 0.25) is 5.91 Å². The maximum atomic E-state index is 12.8. The first-order chi connectivity index (χ1) is 12.1. The van der Waals surface area contributed by atoms with E-state index in [1.54, 1.807) is 12.1 Å². The number of carbonyl (C=O) groups excluding carboxylic acids is 1. The van der Waals surface area contributed by atoms with Crippen molar-refractivity contribution in [1.82, 2.24) is 15.3 Å². The van der Waals surface area contributed by atoms with E-state index in [1.165, 1.54) is 0 Å². The molecule has 1 N–H and O–H groups in total. The van der Waals surface area contributed by atoms with E-state index >= 15 is 0 Å². The van der Waals surface area contributed by atoms with Gasteiger partial charge in [-0.3, -0.25) is 4.79 Å². The van der Waals surface area contributed by atoms with Crippen LogP contribution in [0.1, 0.15) is 31.2 Å². The highest BCUT2D eigenvalue weighted by Gasteiger charge is 2.24. The van der Waals surface area contributed by atoms with Crippen LogP contribution < -0.4 is 10.1 Å². The lowest BCUT2D eigenvalue weighted by Gasteiger charge is -2.28. The Morgan fingerprint density at radius 2 is 1.80 bits per heavy atom. The second-order valence-electron chi connectivity index (χ2n) is 6.15. The predicted octanol–water partition coefficient (Wildman–Crippen LogP) is 3.32. The van der Waals surface area contributed by atoms with Gasteiger partial charge in [-0.2, -0.15) is 0 Å². The summed E-state index contributed by atoms with van der Waals surface area (Å²) in [5.41, 5.74) is 0.937. The minimum Gasteiger partial charge on any atom is -0.460 e. The van der Waals surface area contributed by atoms with Gasteiger partial charge in [-0.25, -0.2) is 14.4 Å². The van der Waals surface area contributed by atoms with Gasteiger partial charge in [0.05, 0.1) is 18.8 Å². The standard InChI is InChI=1S/C18H19ClFN3O2/c19-13-3-1-12(2-4-13)9-17(24)23-15-5-7-16(8-6-15)25-18-21-10-14(20)11-22-18/h1-4,10-11,15-16H,5-9H2,(H,23,24). The van der Waals surface area contributed by atoms with E-state index in [0.29, 0.717) is 11.4 Å². The number of amides is 1. The maximum absolute atomic E-state index is 12.8. The molecule has 1 aromatic carbocycles. The Morgan fingerprint density at radius 3 is 2.44 bits per heavy atom. The Labute approximate surface area is 150 Å². The zero-order chi connectivity index (χ0) is 17.6. The molecule has 25 heavy (non-hydrogen) atoms. The van der Waals surface area contributed by atoms with Crippen molar-refractivity contribution < 1.29 is 13.9 Å². The first kappa shape index (κ1) is 17.6. The van der Waals surface area contributed by atoms with Crippen molar-refractivity contribution in [2.75, 3.05) is 0 Å². The Bertz CT molecular complexity index is 701. The molecule has 2 aromatic rings. The summed E-state index contributed by atoms with van der Waals surface area (Å²) in [7, 11) is 0. The summed E-state index contributed by atoms with van der Waals surface area (Å²) >= 11 is 5.84. The number of aromatic nitrogens is 2. The predicted molar refractivity (Wildman–Crippen MR) is 92.0 cm³/mol. The molecule has 1 saturated carbocycles. The number of rotatable bonds is 5. The van der Waals surface area contributed by atoms with E-state index in [-0.39, 0.29) is 24.1 Å². The van der Waals surface area contributed by atoms with E-state index in [2.05, 4.69) is 15.3 Å². The van der Waals surface area contributed by atoms with Crippen molar-refractivity contribution in [1.29, 1.82) is 0 Å². The minimum atomic E-state index is -0.487. The Kier molecular flexibility index (Phi) is 5.81. The van der Waals surface area contributed by atoms with Crippen molar-refractivity contribution in [3.05, 3.63) is 53.1 Å². The molecular weight excluding hydrogens is 345 g/mol. The normalized spacial score (nSPS) is 20.1. The van der Waals surface area contributed by atoms with Crippen LogP contribution in [0.3, 0.4) is 0 Å². The molecule has 1 aliphatic rings. The minimum absolute atomic E-state index is 0.00474. The van der Waals surface area contributed by atoms with Crippen molar-refractivity contribution >= 4 is 17.5 Å². The molecule has 0 saturated heterocycles. The topological polar surface area (TPSA) is 64.1 Å². The van der Waals surface area contributed by atoms with E-state index in [4.69, 9.17) is 16.3 Å². The molecule has 1 aliphatic carbocycles. The zero-order valence-corrected chi connectivity index (χ0v) is 14.4. The van der Waals surface area contributed by atoms with Crippen molar-refractivity contribution in [3.8, 4) is 6.01 Å². The SMILES string of the molecule is O=C(Cc1ccc(Cl)cc1)NC1CCC(Oc2ncc(F)cn2)CC1. The van der Waals surface area contributed by atoms with Gasteiger partial charge in [-0.1, -0.05) is 23.7 Å². The third-order valence-electron chi connectivity index (χ3n) is 4.19. The van der Waals surface area contributed by atoms with E-state index < -0.39 is 5.82 Å². The number of carbonyl (C=O) groups is 1. The first-order valence-corrected chi connectivity index (χ1v) is 8.64. The third-order valence-corrected chi connectivity index (χ3v) is 4.44. The second-order valence-corrected chi connectivity index (χ2v) is 6.58. The third kappa shape index (κ3) is 5.39. The monoisotopic (exact) mass is 363 g/mol. The van der Waals surface area contributed by atoms with Crippen LogP contribution in [0.15, 0.2) is 36.7 Å². The summed E-state index contributed by atoms with van der Waals surface area (Å²) in [4.78, 5) is 19.7. The molecule has 0 unspecified atom stereocenters. The van der Waals surface area contributed by atoms with Gasteiger partial charge in [0.25, 0.3) is 0 Å². The molecule has 0 atom stereocenters. The molecule has 1 aromatic heterocycles. The van der Waals surface area contributed by atoms with Gasteiger partial charge in [0.15, 0.2) is 5.82 Å². The van der Waals surface area contributed by atoms with Crippen LogP contribution in [0, 0.1) is 5.82 Å². The molecule has 0 bridgehead atoms. The molecule has 1 fully saturated rings. The smallest absolute Gasteiger partial charge is 0.316 e. The highest BCUT2D eigenvalue weighted by atomic mass is 35.5. The van der Waals surface area contributed by atoms with Gasteiger partial charge in [-0.15, -0.1) is 0 Å². The van der Waals surface area contributed by atoms with Crippen molar-refractivity contribution in [2.45, 2.75) is 44.2 Å². The largest absolute Gasteiger partial charge is 0.460 e. The number of halogens is 2. The molecule has 1 amide bonds. The van der Waals surface area contributed by atoms with Crippen LogP contribution in [0.5, 0.6) is 6.01 Å². The fourth-order valence-electron chi connectivity index (χ4n) is 2.90. The Balaban J connectivity index is 1.42. The van der Waals surface area contributed by atoms with Gasteiger partial charge in [0.1, 0.15) is 6.10 Å². The van der Waals surface area contributed by atoms with Gasteiger partial charge >= 0.3 is 6.01 Å².